The van der Waals surface area contributed by atoms with Gasteiger partial charge in [0.25, 0.3) is 0 Å². The molecule has 0 fully saturated rings. The number of amides is 2. The Morgan fingerprint density at radius 2 is 1.77 bits per heavy atom. The average molecular weight is 298 g/mol. The maximum absolute atomic E-state index is 12.0. The van der Waals surface area contributed by atoms with Crippen LogP contribution < -0.4 is 10.6 Å². The predicted molar refractivity (Wildman–Crippen MR) is 85.1 cm³/mol. The average Bonchev–Trinajstić information content (AvgIpc) is 2.49. The van der Waals surface area contributed by atoms with E-state index >= 15 is 0 Å². The van der Waals surface area contributed by atoms with Gasteiger partial charge in [-0.3, -0.25) is 0 Å². The fraction of sp³-hybridized carbons (Fsp3) is 0.176. The predicted octanol–water partition coefficient (Wildman–Crippen LogP) is 3.58. The van der Waals surface area contributed by atoms with Crippen molar-refractivity contribution in [3.63, 3.8) is 0 Å². The largest absolute Gasteiger partial charge is 0.478 e. The molecule has 0 aromatic heterocycles. The summed E-state index contributed by atoms with van der Waals surface area (Å²) in [5.74, 6) is -1.07. The Labute approximate surface area is 129 Å². The highest BCUT2D eigenvalue weighted by atomic mass is 16.4. The molecule has 5 heteroatoms. The van der Waals surface area contributed by atoms with Crippen LogP contribution >= 0.6 is 0 Å². The maximum Gasteiger partial charge on any atom is 0.337 e. The zero-order valence-corrected chi connectivity index (χ0v) is 12.5. The van der Waals surface area contributed by atoms with Crippen molar-refractivity contribution >= 4 is 17.7 Å². The van der Waals surface area contributed by atoms with Crippen LogP contribution in [0.25, 0.3) is 0 Å². The molecule has 2 aromatic carbocycles. The SMILES string of the molecule is Cc1ccc(NC(=O)N[C@@H](C)c2ccccc2)c(C(=O)O)c1. The van der Waals surface area contributed by atoms with Crippen LogP contribution in [0, 0.1) is 6.92 Å². The third-order valence-corrected chi connectivity index (χ3v) is 3.30. The van der Waals surface area contributed by atoms with Crippen LogP contribution in [0.3, 0.4) is 0 Å². The van der Waals surface area contributed by atoms with Crippen LogP contribution in [0.4, 0.5) is 10.5 Å². The number of carboxylic acid groups (broad SMARTS) is 1. The number of hydrogen-bond donors (Lipinski definition) is 3. The van der Waals surface area contributed by atoms with Gasteiger partial charge < -0.3 is 15.7 Å². The molecule has 22 heavy (non-hydrogen) atoms. The van der Waals surface area contributed by atoms with E-state index in [9.17, 15) is 14.7 Å². The summed E-state index contributed by atoms with van der Waals surface area (Å²) in [6, 6.07) is 13.8. The summed E-state index contributed by atoms with van der Waals surface area (Å²) in [4.78, 5) is 23.3. The van der Waals surface area contributed by atoms with Crippen molar-refractivity contribution in [1.82, 2.24) is 5.32 Å². The fourth-order valence-electron chi connectivity index (χ4n) is 2.12. The molecule has 0 saturated carbocycles. The van der Waals surface area contributed by atoms with E-state index in [1.807, 2.05) is 37.3 Å². The molecule has 0 spiro atoms. The Morgan fingerprint density at radius 1 is 1.09 bits per heavy atom. The minimum Gasteiger partial charge on any atom is -0.478 e. The van der Waals surface area contributed by atoms with E-state index in [2.05, 4.69) is 10.6 Å². The minimum absolute atomic E-state index is 0.0718. The van der Waals surface area contributed by atoms with Crippen LogP contribution in [0.15, 0.2) is 48.5 Å². The van der Waals surface area contributed by atoms with E-state index in [0.29, 0.717) is 0 Å². The maximum atomic E-state index is 12.0. The molecule has 1 atom stereocenters. The molecule has 3 N–H and O–H groups in total. The van der Waals surface area contributed by atoms with Gasteiger partial charge in [0.2, 0.25) is 0 Å². The van der Waals surface area contributed by atoms with Crippen molar-refractivity contribution in [3.8, 4) is 0 Å². The summed E-state index contributed by atoms with van der Waals surface area (Å²) < 4.78 is 0. The second-order valence-electron chi connectivity index (χ2n) is 5.09. The second kappa shape index (κ2) is 6.76. The first kappa shape index (κ1) is 15.6. The van der Waals surface area contributed by atoms with Gasteiger partial charge in [-0.15, -0.1) is 0 Å². The molecule has 2 amide bonds. The number of anilines is 1. The van der Waals surface area contributed by atoms with Gasteiger partial charge in [-0.2, -0.15) is 0 Å². The smallest absolute Gasteiger partial charge is 0.337 e. The summed E-state index contributed by atoms with van der Waals surface area (Å²) in [5, 5.41) is 14.6. The normalized spacial score (nSPS) is 11.5. The Kier molecular flexibility index (Phi) is 4.78. The molecular formula is C17H18N2O3. The van der Waals surface area contributed by atoms with Gasteiger partial charge in [-0.1, -0.05) is 42.0 Å². The lowest BCUT2D eigenvalue weighted by atomic mass is 10.1. The molecule has 0 aliphatic carbocycles. The third kappa shape index (κ3) is 3.85. The first-order valence-electron chi connectivity index (χ1n) is 6.94. The Morgan fingerprint density at radius 3 is 2.41 bits per heavy atom. The van der Waals surface area contributed by atoms with Gasteiger partial charge in [-0.25, -0.2) is 9.59 Å². The van der Waals surface area contributed by atoms with Crippen molar-refractivity contribution in [3.05, 3.63) is 65.2 Å². The number of rotatable bonds is 4. The standard InChI is InChI=1S/C17H18N2O3/c1-11-8-9-15(14(10-11)16(20)21)19-17(22)18-12(2)13-6-4-3-5-7-13/h3-10,12H,1-2H3,(H,20,21)(H2,18,19,22)/t12-/m0/s1. The first-order valence-corrected chi connectivity index (χ1v) is 6.94. The lowest BCUT2D eigenvalue weighted by Gasteiger charge is -2.16. The topological polar surface area (TPSA) is 78.4 Å². The van der Waals surface area contributed by atoms with Crippen molar-refractivity contribution in [2.45, 2.75) is 19.9 Å². The van der Waals surface area contributed by atoms with E-state index in [1.165, 1.54) is 6.07 Å². The lowest BCUT2D eigenvalue weighted by molar-refractivity contribution is 0.0698. The summed E-state index contributed by atoms with van der Waals surface area (Å²) >= 11 is 0. The molecule has 0 heterocycles. The van der Waals surface area contributed by atoms with Gasteiger partial charge in [0.15, 0.2) is 0 Å². The number of nitrogens with one attached hydrogen (secondary N) is 2. The molecule has 0 radical (unpaired) electrons. The number of hydrogen-bond acceptors (Lipinski definition) is 2. The van der Waals surface area contributed by atoms with E-state index in [-0.39, 0.29) is 17.3 Å². The molecule has 0 saturated heterocycles. The zero-order valence-electron chi connectivity index (χ0n) is 12.5. The van der Waals surface area contributed by atoms with E-state index in [1.54, 1.807) is 19.1 Å². The van der Waals surface area contributed by atoms with Gasteiger partial charge >= 0.3 is 12.0 Å². The number of urea groups is 1. The number of carbonyl (C=O) groups excluding carboxylic acids is 1. The number of aryl methyl sites for hydroxylation is 1. The zero-order chi connectivity index (χ0) is 16.1. The first-order chi connectivity index (χ1) is 10.5. The van der Waals surface area contributed by atoms with Crippen molar-refractivity contribution in [2.75, 3.05) is 5.32 Å². The Bertz CT molecular complexity index is 684. The highest BCUT2D eigenvalue weighted by Gasteiger charge is 2.14. The number of benzene rings is 2. The van der Waals surface area contributed by atoms with Crippen LogP contribution in [-0.4, -0.2) is 17.1 Å². The molecular weight excluding hydrogens is 280 g/mol. The summed E-state index contributed by atoms with van der Waals surface area (Å²) in [7, 11) is 0. The van der Waals surface area contributed by atoms with Crippen molar-refractivity contribution in [2.24, 2.45) is 0 Å². The highest BCUT2D eigenvalue weighted by Crippen LogP contribution is 2.18. The van der Waals surface area contributed by atoms with Gasteiger partial charge in [0, 0.05) is 0 Å². The summed E-state index contributed by atoms with van der Waals surface area (Å²) in [5.41, 5.74) is 2.14. The third-order valence-electron chi connectivity index (χ3n) is 3.30. The number of aromatic carboxylic acids is 1. The van der Waals surface area contributed by atoms with Gasteiger partial charge in [0.05, 0.1) is 17.3 Å². The lowest BCUT2D eigenvalue weighted by Crippen LogP contribution is -2.31. The van der Waals surface area contributed by atoms with Crippen LogP contribution in [-0.2, 0) is 0 Å². The fourth-order valence-corrected chi connectivity index (χ4v) is 2.12. The number of carboxylic acids is 1. The highest BCUT2D eigenvalue weighted by molar-refractivity contribution is 6.00. The molecule has 114 valence electrons. The second-order valence-corrected chi connectivity index (χ2v) is 5.09. The van der Waals surface area contributed by atoms with Gasteiger partial charge in [-0.05, 0) is 31.5 Å². The Balaban J connectivity index is 2.08. The monoisotopic (exact) mass is 298 g/mol. The molecule has 2 aromatic rings. The molecule has 0 aliphatic heterocycles. The van der Waals surface area contributed by atoms with E-state index in [4.69, 9.17) is 0 Å². The van der Waals surface area contributed by atoms with Crippen molar-refractivity contribution in [1.29, 1.82) is 0 Å². The summed E-state index contributed by atoms with van der Waals surface area (Å²) in [6.45, 7) is 3.66. The summed E-state index contributed by atoms with van der Waals surface area (Å²) in [6.07, 6.45) is 0. The van der Waals surface area contributed by atoms with Crippen LogP contribution in [0.1, 0.15) is 34.5 Å². The van der Waals surface area contributed by atoms with E-state index < -0.39 is 12.0 Å². The van der Waals surface area contributed by atoms with Gasteiger partial charge in [0.1, 0.15) is 0 Å². The number of carbonyl (C=O) groups is 2. The van der Waals surface area contributed by atoms with Crippen LogP contribution in [0.5, 0.6) is 0 Å². The molecule has 0 bridgehead atoms. The van der Waals surface area contributed by atoms with Crippen LogP contribution in [0.2, 0.25) is 0 Å². The molecule has 5 nitrogen and oxygen atoms in total. The molecule has 2 rings (SSSR count). The van der Waals surface area contributed by atoms with E-state index in [0.717, 1.165) is 11.1 Å². The Hall–Kier alpha value is -2.82. The molecule has 0 aliphatic rings. The minimum atomic E-state index is -1.07. The van der Waals surface area contributed by atoms with Crippen molar-refractivity contribution < 1.29 is 14.7 Å². The quantitative estimate of drug-likeness (QED) is 0.807. The molecule has 0 unspecified atom stereocenters.